The van der Waals surface area contributed by atoms with Gasteiger partial charge < -0.3 is 9.47 Å². The number of rotatable bonds is 1. The summed E-state index contributed by atoms with van der Waals surface area (Å²) in [6.07, 6.45) is 0.769. The van der Waals surface area contributed by atoms with Crippen LogP contribution in [0.25, 0.3) is 0 Å². The van der Waals surface area contributed by atoms with E-state index in [9.17, 15) is 4.79 Å². The SMILES string of the molecule is COC(=O)Oc1cc[nH]n1. The van der Waals surface area contributed by atoms with Gasteiger partial charge in [-0.05, 0) is 0 Å². The second-order valence-electron chi connectivity index (χ2n) is 1.47. The van der Waals surface area contributed by atoms with Crippen LogP contribution < -0.4 is 4.74 Å². The lowest BCUT2D eigenvalue weighted by molar-refractivity contribution is 0.119. The fraction of sp³-hybridized carbons (Fsp3) is 0.200. The summed E-state index contributed by atoms with van der Waals surface area (Å²) in [6, 6.07) is 1.51. The number of ether oxygens (including phenoxy) is 2. The van der Waals surface area contributed by atoms with E-state index < -0.39 is 6.16 Å². The molecule has 0 radical (unpaired) electrons. The highest BCUT2D eigenvalue weighted by Gasteiger charge is 2.02. The van der Waals surface area contributed by atoms with Gasteiger partial charge in [-0.3, -0.25) is 5.10 Å². The molecule has 0 bridgehead atoms. The van der Waals surface area contributed by atoms with Gasteiger partial charge in [0.1, 0.15) is 0 Å². The lowest BCUT2D eigenvalue weighted by Crippen LogP contribution is -2.07. The summed E-state index contributed by atoms with van der Waals surface area (Å²) in [5, 5.41) is 6.03. The Labute approximate surface area is 56.9 Å². The highest BCUT2D eigenvalue weighted by Crippen LogP contribution is 2.02. The number of aromatic nitrogens is 2. The third-order valence-corrected chi connectivity index (χ3v) is 0.830. The molecule has 5 nitrogen and oxygen atoms in total. The minimum absolute atomic E-state index is 0.201. The van der Waals surface area contributed by atoms with Gasteiger partial charge in [-0.2, -0.15) is 0 Å². The minimum atomic E-state index is -0.771. The van der Waals surface area contributed by atoms with Gasteiger partial charge in [0.25, 0.3) is 0 Å². The molecule has 0 aliphatic heterocycles. The average Bonchev–Trinajstić information content (AvgIpc) is 2.40. The van der Waals surface area contributed by atoms with Crippen molar-refractivity contribution in [3.05, 3.63) is 12.3 Å². The smallest absolute Gasteiger partial charge is 0.437 e. The summed E-state index contributed by atoms with van der Waals surface area (Å²) < 4.78 is 8.71. The topological polar surface area (TPSA) is 64.2 Å². The molecule has 1 rings (SSSR count). The number of hydrogen-bond acceptors (Lipinski definition) is 4. The Morgan fingerprint density at radius 1 is 1.80 bits per heavy atom. The maximum absolute atomic E-state index is 10.4. The van der Waals surface area contributed by atoms with Crippen molar-refractivity contribution in [3.8, 4) is 5.88 Å². The standard InChI is InChI=1S/C5H6N2O3/c1-9-5(8)10-4-2-3-6-7-4/h2-3H,1H3,(H,6,7). The van der Waals surface area contributed by atoms with Crippen molar-refractivity contribution in [2.75, 3.05) is 7.11 Å². The highest BCUT2D eigenvalue weighted by atomic mass is 16.7. The summed E-state index contributed by atoms with van der Waals surface area (Å²) in [4.78, 5) is 10.4. The van der Waals surface area contributed by atoms with Gasteiger partial charge in [-0.25, -0.2) is 4.79 Å². The quantitative estimate of drug-likeness (QED) is 0.581. The van der Waals surface area contributed by atoms with Crippen molar-refractivity contribution in [1.29, 1.82) is 0 Å². The molecule has 0 spiro atoms. The van der Waals surface area contributed by atoms with Crippen LogP contribution in [0.1, 0.15) is 0 Å². The van der Waals surface area contributed by atoms with Crippen molar-refractivity contribution in [3.63, 3.8) is 0 Å². The summed E-state index contributed by atoms with van der Waals surface area (Å²) in [7, 11) is 1.23. The predicted octanol–water partition coefficient (Wildman–Crippen LogP) is 0.555. The van der Waals surface area contributed by atoms with Crippen molar-refractivity contribution in [2.24, 2.45) is 0 Å². The van der Waals surface area contributed by atoms with Gasteiger partial charge in [0, 0.05) is 12.3 Å². The summed E-state index contributed by atoms with van der Waals surface area (Å²) in [5.74, 6) is 0.201. The Morgan fingerprint density at radius 3 is 3.10 bits per heavy atom. The third kappa shape index (κ3) is 1.48. The lowest BCUT2D eigenvalue weighted by Gasteiger charge is -1.94. The van der Waals surface area contributed by atoms with Crippen LogP contribution in [0.3, 0.4) is 0 Å². The first-order valence-corrected chi connectivity index (χ1v) is 2.58. The highest BCUT2D eigenvalue weighted by molar-refractivity contribution is 5.62. The zero-order valence-corrected chi connectivity index (χ0v) is 5.33. The summed E-state index contributed by atoms with van der Waals surface area (Å²) in [6.45, 7) is 0. The van der Waals surface area contributed by atoms with E-state index in [1.807, 2.05) is 0 Å². The zero-order chi connectivity index (χ0) is 7.40. The number of nitrogens with one attached hydrogen (secondary N) is 1. The van der Waals surface area contributed by atoms with Gasteiger partial charge in [-0.15, -0.1) is 5.10 Å². The maximum atomic E-state index is 10.4. The molecule has 1 aromatic rings. The van der Waals surface area contributed by atoms with Crippen LogP contribution in [0, 0.1) is 0 Å². The molecule has 54 valence electrons. The molecule has 0 saturated carbocycles. The number of hydrogen-bond donors (Lipinski definition) is 1. The van der Waals surface area contributed by atoms with E-state index in [0.29, 0.717) is 0 Å². The second-order valence-corrected chi connectivity index (χ2v) is 1.47. The molecule has 0 aromatic carbocycles. The molecule has 0 fully saturated rings. The van der Waals surface area contributed by atoms with E-state index in [4.69, 9.17) is 0 Å². The number of nitrogens with zero attached hydrogens (tertiary/aromatic N) is 1. The molecule has 0 atom stereocenters. The summed E-state index contributed by atoms with van der Waals surface area (Å²) in [5.41, 5.74) is 0. The minimum Gasteiger partial charge on any atom is -0.437 e. The normalized spacial score (nSPS) is 8.90. The number of carbonyl (C=O) groups excluding carboxylic acids is 1. The Hall–Kier alpha value is -1.52. The number of methoxy groups -OCH3 is 1. The van der Waals surface area contributed by atoms with Gasteiger partial charge >= 0.3 is 6.16 Å². The van der Waals surface area contributed by atoms with E-state index in [2.05, 4.69) is 19.7 Å². The number of aromatic amines is 1. The van der Waals surface area contributed by atoms with Crippen LogP contribution in [-0.2, 0) is 4.74 Å². The molecular weight excluding hydrogens is 136 g/mol. The van der Waals surface area contributed by atoms with Crippen LogP contribution in [0.2, 0.25) is 0 Å². The van der Waals surface area contributed by atoms with Gasteiger partial charge in [0.2, 0.25) is 5.88 Å². The molecule has 0 aliphatic carbocycles. The van der Waals surface area contributed by atoms with Crippen molar-refractivity contribution in [1.82, 2.24) is 10.2 Å². The fourth-order valence-corrected chi connectivity index (χ4v) is 0.431. The lowest BCUT2D eigenvalue weighted by atomic mass is 10.7. The third-order valence-electron chi connectivity index (χ3n) is 0.830. The fourth-order valence-electron chi connectivity index (χ4n) is 0.431. The van der Waals surface area contributed by atoms with Crippen LogP contribution in [0.4, 0.5) is 4.79 Å². The maximum Gasteiger partial charge on any atom is 0.514 e. The molecule has 1 N–H and O–H groups in total. The molecule has 10 heavy (non-hydrogen) atoms. The predicted molar refractivity (Wildman–Crippen MR) is 31.6 cm³/mol. The van der Waals surface area contributed by atoms with Gasteiger partial charge in [0.05, 0.1) is 7.11 Å². The van der Waals surface area contributed by atoms with E-state index in [1.54, 1.807) is 0 Å². The first-order valence-electron chi connectivity index (χ1n) is 2.58. The Kier molecular flexibility index (Phi) is 1.89. The summed E-state index contributed by atoms with van der Waals surface area (Å²) >= 11 is 0. The van der Waals surface area contributed by atoms with Crippen molar-refractivity contribution >= 4 is 6.16 Å². The van der Waals surface area contributed by atoms with Crippen LogP contribution in [-0.4, -0.2) is 23.5 Å². The van der Waals surface area contributed by atoms with Gasteiger partial charge in [-0.1, -0.05) is 0 Å². The van der Waals surface area contributed by atoms with Crippen LogP contribution in [0.5, 0.6) is 5.88 Å². The second kappa shape index (κ2) is 2.86. The molecule has 5 heteroatoms. The molecule has 1 aromatic heterocycles. The van der Waals surface area contributed by atoms with E-state index in [0.717, 1.165) is 0 Å². The van der Waals surface area contributed by atoms with Crippen LogP contribution >= 0.6 is 0 Å². The monoisotopic (exact) mass is 142 g/mol. The Morgan fingerprint density at radius 2 is 2.60 bits per heavy atom. The number of H-pyrrole nitrogens is 1. The molecular formula is C5H6N2O3. The van der Waals surface area contributed by atoms with Gasteiger partial charge in [0.15, 0.2) is 0 Å². The molecule has 0 amide bonds. The zero-order valence-electron chi connectivity index (χ0n) is 5.33. The van der Waals surface area contributed by atoms with Crippen LogP contribution in [0.15, 0.2) is 12.3 Å². The largest absolute Gasteiger partial charge is 0.514 e. The Balaban J connectivity index is 2.48. The molecule has 1 heterocycles. The molecule has 0 aliphatic rings. The van der Waals surface area contributed by atoms with Crippen molar-refractivity contribution < 1.29 is 14.3 Å². The number of carbonyl (C=O) groups is 1. The van der Waals surface area contributed by atoms with E-state index in [-0.39, 0.29) is 5.88 Å². The Bertz CT molecular complexity index is 207. The van der Waals surface area contributed by atoms with Crippen molar-refractivity contribution in [2.45, 2.75) is 0 Å². The first kappa shape index (κ1) is 6.60. The van der Waals surface area contributed by atoms with E-state index in [1.165, 1.54) is 19.4 Å². The van der Waals surface area contributed by atoms with E-state index >= 15 is 0 Å². The molecule has 0 unspecified atom stereocenters. The molecule has 0 saturated heterocycles. The first-order chi connectivity index (χ1) is 4.83. The average molecular weight is 142 g/mol.